The van der Waals surface area contributed by atoms with Crippen LogP contribution in [0.3, 0.4) is 0 Å². The molecule has 0 aliphatic carbocycles. The number of aliphatic hydroxyl groups excluding tert-OH is 1. The molecule has 1 heterocycles. The van der Waals surface area contributed by atoms with Crippen molar-refractivity contribution in [3.05, 3.63) is 0 Å². The average Bonchev–Trinajstić information content (AvgIpc) is 2.72. The van der Waals surface area contributed by atoms with Crippen LogP contribution in [-0.4, -0.2) is 47.4 Å². The summed E-state index contributed by atoms with van der Waals surface area (Å²) in [6.07, 6.45) is -3.33. The summed E-state index contributed by atoms with van der Waals surface area (Å²) >= 11 is 0. The Balaban J connectivity index is 2.72. The maximum Gasteiger partial charge on any atom is 0.408 e. The Kier molecular flexibility index (Phi) is 5.29. The number of carbonyl (C=O) groups is 1. The second-order valence-corrected chi connectivity index (χ2v) is 6.48. The fourth-order valence-corrected chi connectivity index (χ4v) is 2.39. The van der Waals surface area contributed by atoms with E-state index in [1.54, 1.807) is 20.8 Å². The number of likely N-dealkylation sites (tertiary alicyclic amines) is 1. The molecule has 1 fully saturated rings. The molecule has 7 heteroatoms. The lowest BCUT2D eigenvalue weighted by Gasteiger charge is -2.31. The van der Waals surface area contributed by atoms with Gasteiger partial charge in [-0.05, 0) is 24.7 Å². The third-order valence-electron chi connectivity index (χ3n) is 3.36. The van der Waals surface area contributed by atoms with Crippen LogP contribution in [0.2, 0.25) is 0 Å². The molecule has 20 heavy (non-hydrogen) atoms. The van der Waals surface area contributed by atoms with Crippen molar-refractivity contribution in [2.75, 3.05) is 13.2 Å². The normalized spacial score (nSPS) is 21.9. The van der Waals surface area contributed by atoms with E-state index in [2.05, 4.69) is 5.32 Å². The van der Waals surface area contributed by atoms with Gasteiger partial charge in [-0.1, -0.05) is 20.8 Å². The molecule has 1 aliphatic heterocycles. The molecule has 0 saturated carbocycles. The van der Waals surface area contributed by atoms with Gasteiger partial charge in [-0.25, -0.2) is 4.79 Å². The van der Waals surface area contributed by atoms with E-state index in [-0.39, 0.29) is 19.1 Å². The highest BCUT2D eigenvalue weighted by Gasteiger charge is 2.43. The Morgan fingerprint density at radius 2 is 2.00 bits per heavy atom. The van der Waals surface area contributed by atoms with Crippen molar-refractivity contribution in [1.82, 2.24) is 10.2 Å². The molecule has 2 amide bonds. The van der Waals surface area contributed by atoms with Gasteiger partial charge in [-0.2, -0.15) is 13.2 Å². The van der Waals surface area contributed by atoms with Crippen molar-refractivity contribution in [1.29, 1.82) is 0 Å². The summed E-state index contributed by atoms with van der Waals surface area (Å²) in [6, 6.07) is -2.98. The second kappa shape index (κ2) is 6.20. The molecule has 0 aromatic carbocycles. The van der Waals surface area contributed by atoms with Crippen LogP contribution in [0, 0.1) is 5.41 Å². The molecule has 0 radical (unpaired) electrons. The lowest BCUT2D eigenvalue weighted by molar-refractivity contribution is -0.159. The van der Waals surface area contributed by atoms with E-state index in [0.717, 1.165) is 0 Å². The predicted molar refractivity (Wildman–Crippen MR) is 69.3 cm³/mol. The van der Waals surface area contributed by atoms with Gasteiger partial charge in [0.25, 0.3) is 0 Å². The van der Waals surface area contributed by atoms with Crippen molar-refractivity contribution in [2.24, 2.45) is 5.41 Å². The second-order valence-electron chi connectivity index (χ2n) is 6.48. The highest BCUT2D eigenvalue weighted by Crippen LogP contribution is 2.31. The number of hydrogen-bond acceptors (Lipinski definition) is 2. The molecule has 2 N–H and O–H groups in total. The van der Waals surface area contributed by atoms with Crippen molar-refractivity contribution in [3.63, 3.8) is 0 Å². The minimum absolute atomic E-state index is 0.181. The fraction of sp³-hybridized carbons (Fsp3) is 0.923. The van der Waals surface area contributed by atoms with E-state index < -0.39 is 23.7 Å². The molecule has 0 spiro atoms. The van der Waals surface area contributed by atoms with Crippen molar-refractivity contribution in [2.45, 2.75) is 58.3 Å². The van der Waals surface area contributed by atoms with Gasteiger partial charge < -0.3 is 15.3 Å². The lowest BCUT2D eigenvalue weighted by Crippen LogP contribution is -2.53. The first-order valence-corrected chi connectivity index (χ1v) is 6.79. The molecule has 0 unspecified atom stereocenters. The molecule has 4 nitrogen and oxygen atoms in total. The summed E-state index contributed by atoms with van der Waals surface area (Å²) in [5.74, 6) is 0. The van der Waals surface area contributed by atoms with Crippen molar-refractivity contribution >= 4 is 6.03 Å². The van der Waals surface area contributed by atoms with Crippen LogP contribution in [0.4, 0.5) is 18.0 Å². The van der Waals surface area contributed by atoms with Gasteiger partial charge >= 0.3 is 12.2 Å². The maximum atomic E-state index is 13.0. The SMILES string of the molecule is CC(C)(C)C[C@H](NC(=O)N1CCC[C@@H]1CO)C(F)(F)F. The Labute approximate surface area is 117 Å². The molecule has 118 valence electrons. The maximum absolute atomic E-state index is 13.0. The number of nitrogens with zero attached hydrogens (tertiary/aromatic N) is 1. The van der Waals surface area contributed by atoms with Gasteiger partial charge in [0.2, 0.25) is 0 Å². The van der Waals surface area contributed by atoms with Crippen LogP contribution in [-0.2, 0) is 0 Å². The van der Waals surface area contributed by atoms with Crippen LogP contribution >= 0.6 is 0 Å². The molecule has 1 rings (SSSR count). The number of hydrogen-bond donors (Lipinski definition) is 2. The summed E-state index contributed by atoms with van der Waals surface area (Å²) in [6.45, 7) is 5.26. The third kappa shape index (κ3) is 4.85. The minimum atomic E-state index is -4.47. The van der Waals surface area contributed by atoms with Crippen molar-refractivity contribution in [3.8, 4) is 0 Å². The van der Waals surface area contributed by atoms with E-state index in [0.29, 0.717) is 19.4 Å². The zero-order valence-corrected chi connectivity index (χ0v) is 12.1. The van der Waals surface area contributed by atoms with E-state index >= 15 is 0 Å². The first-order valence-electron chi connectivity index (χ1n) is 6.79. The van der Waals surface area contributed by atoms with Crippen LogP contribution in [0.25, 0.3) is 0 Å². The van der Waals surface area contributed by atoms with Crippen LogP contribution < -0.4 is 5.32 Å². The zero-order valence-electron chi connectivity index (χ0n) is 12.1. The summed E-state index contributed by atoms with van der Waals surface area (Å²) < 4.78 is 39.0. The third-order valence-corrected chi connectivity index (χ3v) is 3.36. The molecule has 1 saturated heterocycles. The Bertz CT molecular complexity index is 339. The highest BCUT2D eigenvalue weighted by molar-refractivity contribution is 5.75. The Morgan fingerprint density at radius 1 is 1.40 bits per heavy atom. The fourth-order valence-electron chi connectivity index (χ4n) is 2.39. The zero-order chi connectivity index (χ0) is 15.6. The number of nitrogens with one attached hydrogen (secondary N) is 1. The predicted octanol–water partition coefficient (Wildman–Crippen LogP) is 2.52. The molecule has 0 aromatic rings. The molecular formula is C13H23F3N2O2. The van der Waals surface area contributed by atoms with Crippen LogP contribution in [0.5, 0.6) is 0 Å². The Hall–Kier alpha value is -0.980. The van der Waals surface area contributed by atoms with Gasteiger partial charge in [-0.3, -0.25) is 0 Å². The largest absolute Gasteiger partial charge is 0.408 e. The monoisotopic (exact) mass is 296 g/mol. The number of aliphatic hydroxyl groups is 1. The quantitative estimate of drug-likeness (QED) is 0.841. The first kappa shape index (κ1) is 17.1. The number of rotatable bonds is 3. The standard InChI is InChI=1S/C13H23F3N2O2/c1-12(2,3)7-10(13(14,15)16)17-11(20)18-6-4-5-9(18)8-19/h9-10,19H,4-8H2,1-3H3,(H,17,20)/t9-,10+/m1/s1. The van der Waals surface area contributed by atoms with Gasteiger partial charge in [0.1, 0.15) is 6.04 Å². The Morgan fingerprint density at radius 3 is 2.45 bits per heavy atom. The summed E-state index contributed by atoms with van der Waals surface area (Å²) in [4.78, 5) is 13.3. The van der Waals surface area contributed by atoms with E-state index in [9.17, 15) is 18.0 Å². The van der Waals surface area contributed by atoms with Gasteiger partial charge in [-0.15, -0.1) is 0 Å². The summed E-state index contributed by atoms with van der Waals surface area (Å²) in [5, 5.41) is 11.2. The lowest BCUT2D eigenvalue weighted by atomic mass is 9.88. The van der Waals surface area contributed by atoms with Crippen LogP contribution in [0.1, 0.15) is 40.0 Å². The number of halogens is 3. The number of urea groups is 1. The van der Waals surface area contributed by atoms with Crippen LogP contribution in [0.15, 0.2) is 0 Å². The molecule has 0 bridgehead atoms. The average molecular weight is 296 g/mol. The topological polar surface area (TPSA) is 52.6 Å². The van der Waals surface area contributed by atoms with Crippen molar-refractivity contribution < 1.29 is 23.1 Å². The van der Waals surface area contributed by atoms with E-state index in [4.69, 9.17) is 5.11 Å². The molecular weight excluding hydrogens is 273 g/mol. The molecule has 1 aliphatic rings. The molecule has 0 aromatic heterocycles. The highest BCUT2D eigenvalue weighted by atomic mass is 19.4. The smallest absolute Gasteiger partial charge is 0.394 e. The number of carbonyl (C=O) groups excluding carboxylic acids is 1. The minimum Gasteiger partial charge on any atom is -0.394 e. The van der Waals surface area contributed by atoms with Gasteiger partial charge in [0.05, 0.1) is 12.6 Å². The van der Waals surface area contributed by atoms with Gasteiger partial charge in [0.15, 0.2) is 0 Å². The molecule has 2 atom stereocenters. The first-order chi connectivity index (χ1) is 9.04. The van der Waals surface area contributed by atoms with Gasteiger partial charge in [0, 0.05) is 6.54 Å². The summed E-state index contributed by atoms with van der Waals surface area (Å²) in [7, 11) is 0. The number of amides is 2. The van der Waals surface area contributed by atoms with E-state index in [1.807, 2.05) is 0 Å². The van der Waals surface area contributed by atoms with E-state index in [1.165, 1.54) is 4.90 Å². The summed E-state index contributed by atoms with van der Waals surface area (Å²) in [5.41, 5.74) is -0.547. The number of alkyl halides is 3.